The molecule has 0 saturated heterocycles. The number of anilines is 1. The number of halogens is 1. The van der Waals surface area contributed by atoms with Gasteiger partial charge in [0.15, 0.2) is 5.13 Å². The molecule has 2 N–H and O–H groups in total. The van der Waals surface area contributed by atoms with Crippen LogP contribution >= 0.6 is 27.3 Å². The van der Waals surface area contributed by atoms with Gasteiger partial charge in [0.2, 0.25) is 0 Å². The van der Waals surface area contributed by atoms with Crippen LogP contribution in [0.2, 0.25) is 0 Å². The molecule has 1 unspecified atom stereocenters. The highest BCUT2D eigenvalue weighted by molar-refractivity contribution is 9.10. The first-order chi connectivity index (χ1) is 7.75. The second-order valence-electron chi connectivity index (χ2n) is 3.98. The number of aryl methyl sites for hydroxylation is 1. The van der Waals surface area contributed by atoms with E-state index in [-0.39, 0.29) is 0 Å². The predicted octanol–water partition coefficient (Wildman–Crippen LogP) is 3.57. The monoisotopic (exact) mass is 294 g/mol. The number of nitrogens with zero attached hydrogens (tertiary/aromatic N) is 1. The summed E-state index contributed by atoms with van der Waals surface area (Å²) in [5, 5.41) is 0.696. The number of benzene rings is 1. The zero-order valence-electron chi connectivity index (χ0n) is 8.61. The van der Waals surface area contributed by atoms with Gasteiger partial charge >= 0.3 is 0 Å². The fourth-order valence-electron chi connectivity index (χ4n) is 2.30. The van der Waals surface area contributed by atoms with Crippen molar-refractivity contribution in [2.45, 2.75) is 18.8 Å². The molecule has 1 aromatic heterocycles. The number of nitrogens with two attached hydrogens (primary N) is 1. The summed E-state index contributed by atoms with van der Waals surface area (Å²) in [6.45, 7) is 0. The van der Waals surface area contributed by atoms with E-state index in [0.29, 0.717) is 11.0 Å². The smallest absolute Gasteiger partial charge is 0.180 e. The summed E-state index contributed by atoms with van der Waals surface area (Å²) in [5.74, 6) is 0.473. The van der Waals surface area contributed by atoms with Gasteiger partial charge in [-0.05, 0) is 24.5 Å². The summed E-state index contributed by atoms with van der Waals surface area (Å²) >= 11 is 5.25. The normalized spacial score (nSPS) is 18.7. The molecule has 2 aromatic rings. The van der Waals surface area contributed by atoms with Gasteiger partial charge in [-0.2, -0.15) is 0 Å². The molecule has 1 atom stereocenters. The molecule has 0 bridgehead atoms. The minimum Gasteiger partial charge on any atom is -0.375 e. The van der Waals surface area contributed by atoms with Crippen molar-refractivity contribution in [3.63, 3.8) is 0 Å². The summed E-state index contributed by atoms with van der Waals surface area (Å²) in [7, 11) is 0. The van der Waals surface area contributed by atoms with E-state index >= 15 is 0 Å². The van der Waals surface area contributed by atoms with E-state index in [1.165, 1.54) is 20.6 Å². The van der Waals surface area contributed by atoms with E-state index in [9.17, 15) is 0 Å². The lowest BCUT2D eigenvalue weighted by Gasteiger charge is -2.11. The lowest BCUT2D eigenvalue weighted by molar-refractivity contribution is 0.787. The molecule has 0 spiro atoms. The Bertz CT molecular complexity index is 536. The molecule has 1 aromatic carbocycles. The highest BCUT2D eigenvalue weighted by atomic mass is 79.9. The van der Waals surface area contributed by atoms with Gasteiger partial charge in [-0.25, -0.2) is 4.98 Å². The largest absolute Gasteiger partial charge is 0.375 e. The predicted molar refractivity (Wildman–Crippen MR) is 70.8 cm³/mol. The fourth-order valence-corrected chi connectivity index (χ4v) is 3.90. The van der Waals surface area contributed by atoms with E-state index in [1.54, 1.807) is 11.3 Å². The molecule has 0 amide bonds. The van der Waals surface area contributed by atoms with Crippen molar-refractivity contribution in [2.75, 3.05) is 5.73 Å². The van der Waals surface area contributed by atoms with E-state index in [1.807, 2.05) is 6.07 Å². The van der Waals surface area contributed by atoms with Crippen LogP contribution in [-0.2, 0) is 6.42 Å². The molecule has 16 heavy (non-hydrogen) atoms. The van der Waals surface area contributed by atoms with Crippen LogP contribution in [0.3, 0.4) is 0 Å². The Morgan fingerprint density at radius 1 is 1.38 bits per heavy atom. The van der Waals surface area contributed by atoms with Gasteiger partial charge in [0.05, 0.1) is 5.69 Å². The number of hydrogen-bond donors (Lipinski definition) is 1. The van der Waals surface area contributed by atoms with Crippen LogP contribution in [0.4, 0.5) is 5.13 Å². The lowest BCUT2D eigenvalue weighted by Crippen LogP contribution is -1.95. The molecule has 82 valence electrons. The summed E-state index contributed by atoms with van der Waals surface area (Å²) < 4.78 is 1.18. The summed E-state index contributed by atoms with van der Waals surface area (Å²) in [5.41, 5.74) is 8.31. The zero-order chi connectivity index (χ0) is 11.1. The molecule has 0 radical (unpaired) electrons. The van der Waals surface area contributed by atoms with Crippen molar-refractivity contribution >= 4 is 32.4 Å². The third-order valence-corrected chi connectivity index (χ3v) is 4.77. The van der Waals surface area contributed by atoms with Crippen LogP contribution in [0.15, 0.2) is 28.7 Å². The molecule has 3 rings (SSSR count). The van der Waals surface area contributed by atoms with Crippen LogP contribution in [0.1, 0.15) is 28.5 Å². The number of rotatable bonds is 1. The van der Waals surface area contributed by atoms with Crippen molar-refractivity contribution in [1.29, 1.82) is 0 Å². The van der Waals surface area contributed by atoms with Gasteiger partial charge in [-0.1, -0.05) is 34.1 Å². The summed E-state index contributed by atoms with van der Waals surface area (Å²) in [6, 6.07) is 8.41. The standard InChI is InChI=1S/C12H11BrN2S/c13-9-4-2-1-3-7(9)8-5-6-10-11(8)16-12(14)15-10/h1-4,8H,5-6H2,(H2,14,15). The SMILES string of the molecule is Nc1nc2c(s1)C(c1ccccc1Br)CC2. The van der Waals surface area contributed by atoms with Gasteiger partial charge < -0.3 is 5.73 Å². The van der Waals surface area contributed by atoms with E-state index < -0.39 is 0 Å². The quantitative estimate of drug-likeness (QED) is 0.873. The van der Waals surface area contributed by atoms with E-state index in [4.69, 9.17) is 5.73 Å². The average Bonchev–Trinajstić information content (AvgIpc) is 2.78. The highest BCUT2D eigenvalue weighted by Crippen LogP contribution is 2.43. The van der Waals surface area contributed by atoms with Crippen molar-refractivity contribution < 1.29 is 0 Å². The van der Waals surface area contributed by atoms with Crippen LogP contribution in [0, 0.1) is 0 Å². The number of aromatic nitrogens is 1. The molecular formula is C12H11BrN2S. The van der Waals surface area contributed by atoms with Crippen molar-refractivity contribution in [1.82, 2.24) is 4.98 Å². The Hall–Kier alpha value is -0.870. The van der Waals surface area contributed by atoms with Gasteiger partial charge in [0.1, 0.15) is 0 Å². The first kappa shape index (κ1) is 10.3. The van der Waals surface area contributed by atoms with Crippen molar-refractivity contribution in [3.8, 4) is 0 Å². The van der Waals surface area contributed by atoms with Crippen LogP contribution < -0.4 is 5.73 Å². The Kier molecular flexibility index (Phi) is 2.48. The van der Waals surface area contributed by atoms with Gasteiger partial charge in [0, 0.05) is 15.3 Å². The summed E-state index contributed by atoms with van der Waals surface area (Å²) in [6.07, 6.45) is 2.20. The Morgan fingerprint density at radius 3 is 3.00 bits per heavy atom. The third-order valence-electron chi connectivity index (χ3n) is 3.01. The second-order valence-corrected chi connectivity index (χ2v) is 5.89. The molecule has 2 nitrogen and oxygen atoms in total. The second kappa shape index (κ2) is 3.86. The molecule has 1 aliphatic rings. The zero-order valence-corrected chi connectivity index (χ0v) is 11.0. The first-order valence-corrected chi connectivity index (χ1v) is 6.86. The fraction of sp³-hybridized carbons (Fsp3) is 0.250. The first-order valence-electron chi connectivity index (χ1n) is 5.25. The van der Waals surface area contributed by atoms with Crippen LogP contribution in [0.5, 0.6) is 0 Å². The topological polar surface area (TPSA) is 38.9 Å². The molecule has 1 aliphatic carbocycles. The molecule has 4 heteroatoms. The minimum atomic E-state index is 0.473. The molecule has 0 aliphatic heterocycles. The summed E-state index contributed by atoms with van der Waals surface area (Å²) in [4.78, 5) is 5.73. The van der Waals surface area contributed by atoms with E-state index in [2.05, 4.69) is 39.1 Å². The maximum Gasteiger partial charge on any atom is 0.180 e. The van der Waals surface area contributed by atoms with Crippen LogP contribution in [0.25, 0.3) is 0 Å². The number of hydrogen-bond acceptors (Lipinski definition) is 3. The Morgan fingerprint density at radius 2 is 2.19 bits per heavy atom. The average molecular weight is 295 g/mol. The lowest BCUT2D eigenvalue weighted by atomic mass is 9.99. The minimum absolute atomic E-state index is 0.473. The van der Waals surface area contributed by atoms with Gasteiger partial charge in [0.25, 0.3) is 0 Å². The van der Waals surface area contributed by atoms with Gasteiger partial charge in [-0.15, -0.1) is 11.3 Å². The molecule has 0 saturated carbocycles. The third kappa shape index (κ3) is 1.57. The highest BCUT2D eigenvalue weighted by Gasteiger charge is 2.28. The van der Waals surface area contributed by atoms with Gasteiger partial charge in [-0.3, -0.25) is 0 Å². The maximum atomic E-state index is 5.76. The van der Waals surface area contributed by atoms with E-state index in [0.717, 1.165) is 12.8 Å². The number of thiazole rings is 1. The number of nitrogen functional groups attached to an aromatic ring is 1. The van der Waals surface area contributed by atoms with Crippen LogP contribution in [-0.4, -0.2) is 4.98 Å². The molecule has 1 heterocycles. The number of fused-ring (bicyclic) bond motifs is 1. The Balaban J connectivity index is 2.07. The molecular weight excluding hydrogens is 284 g/mol. The van der Waals surface area contributed by atoms with Crippen molar-refractivity contribution in [3.05, 3.63) is 44.9 Å². The maximum absolute atomic E-state index is 5.76. The Labute approximate surface area is 107 Å². The van der Waals surface area contributed by atoms with Crippen molar-refractivity contribution in [2.24, 2.45) is 0 Å². The molecule has 0 fully saturated rings.